The Bertz CT molecular complexity index is 344. The monoisotopic (exact) mass is 251 g/mol. The van der Waals surface area contributed by atoms with Gasteiger partial charge in [0.1, 0.15) is 5.82 Å². The minimum Gasteiger partial charge on any atom is -0.383 e. The molecule has 0 amide bonds. The molecule has 1 rings (SSSR count). The van der Waals surface area contributed by atoms with Gasteiger partial charge in [-0.3, -0.25) is 4.90 Å². The van der Waals surface area contributed by atoms with Crippen LogP contribution in [0.1, 0.15) is 25.8 Å². The maximum Gasteiger partial charge on any atom is 0.125 e. The van der Waals surface area contributed by atoms with Gasteiger partial charge in [0.05, 0.1) is 6.61 Å². The molecule has 0 aromatic carbocycles. The molecule has 0 saturated heterocycles. The summed E-state index contributed by atoms with van der Waals surface area (Å²) >= 11 is 0. The van der Waals surface area contributed by atoms with Crippen molar-refractivity contribution >= 4 is 5.82 Å². The Labute approximate surface area is 110 Å². The molecule has 4 heteroatoms. The summed E-state index contributed by atoms with van der Waals surface area (Å²) in [5, 5.41) is 3.07. The molecule has 0 fully saturated rings. The van der Waals surface area contributed by atoms with Gasteiger partial charge in [-0.25, -0.2) is 4.98 Å². The summed E-state index contributed by atoms with van der Waals surface area (Å²) in [5.74, 6) is 0.920. The zero-order valence-electron chi connectivity index (χ0n) is 11.9. The first kappa shape index (κ1) is 14.9. The Hall–Kier alpha value is -1.13. The fourth-order valence-corrected chi connectivity index (χ4v) is 1.87. The molecule has 102 valence electrons. The van der Waals surface area contributed by atoms with Gasteiger partial charge in [-0.05, 0) is 31.0 Å². The fraction of sp³-hybridized carbons (Fsp3) is 0.643. The van der Waals surface area contributed by atoms with Crippen LogP contribution < -0.4 is 5.32 Å². The van der Waals surface area contributed by atoms with Gasteiger partial charge in [-0.2, -0.15) is 0 Å². The summed E-state index contributed by atoms with van der Waals surface area (Å²) < 4.78 is 5.18. The van der Waals surface area contributed by atoms with Crippen LogP contribution in [0.25, 0.3) is 0 Å². The third-order valence-electron chi connectivity index (χ3n) is 3.26. The van der Waals surface area contributed by atoms with Crippen molar-refractivity contribution in [2.24, 2.45) is 0 Å². The van der Waals surface area contributed by atoms with Crippen LogP contribution in [0.5, 0.6) is 0 Å². The van der Waals surface area contributed by atoms with Crippen LogP contribution >= 0.6 is 0 Å². The molecule has 18 heavy (non-hydrogen) atoms. The molecule has 1 unspecified atom stereocenters. The molecule has 0 aliphatic heterocycles. The number of hydrogen-bond acceptors (Lipinski definition) is 4. The number of hydrogen-bond donors (Lipinski definition) is 1. The molecule has 1 aromatic heterocycles. The second kappa shape index (κ2) is 8.06. The molecule has 0 aliphatic carbocycles. The van der Waals surface area contributed by atoms with Gasteiger partial charge in [0.15, 0.2) is 0 Å². The van der Waals surface area contributed by atoms with Crippen molar-refractivity contribution in [2.45, 2.75) is 32.9 Å². The van der Waals surface area contributed by atoms with Crippen molar-refractivity contribution in [3.05, 3.63) is 23.9 Å². The maximum absolute atomic E-state index is 5.18. The van der Waals surface area contributed by atoms with E-state index in [1.165, 1.54) is 5.56 Å². The molecule has 0 saturated carbocycles. The third kappa shape index (κ3) is 4.63. The summed E-state index contributed by atoms with van der Waals surface area (Å²) in [7, 11) is 3.64. The number of ether oxygens (including phenoxy) is 1. The lowest BCUT2D eigenvalue weighted by Gasteiger charge is -2.28. The fourth-order valence-electron chi connectivity index (χ4n) is 1.87. The molecule has 1 atom stereocenters. The number of pyridine rings is 1. The SMILES string of the molecule is CCC(C)N(CCOC)Cc1ccnc(NC)c1. The van der Waals surface area contributed by atoms with Gasteiger partial charge in [0, 0.05) is 39.5 Å². The van der Waals surface area contributed by atoms with Crippen molar-refractivity contribution < 1.29 is 4.74 Å². The zero-order valence-corrected chi connectivity index (χ0v) is 11.9. The first-order valence-corrected chi connectivity index (χ1v) is 6.57. The number of aromatic nitrogens is 1. The van der Waals surface area contributed by atoms with Crippen LogP contribution in [-0.4, -0.2) is 43.2 Å². The van der Waals surface area contributed by atoms with Gasteiger partial charge >= 0.3 is 0 Å². The van der Waals surface area contributed by atoms with E-state index in [0.29, 0.717) is 6.04 Å². The average Bonchev–Trinajstić information content (AvgIpc) is 2.42. The van der Waals surface area contributed by atoms with Gasteiger partial charge < -0.3 is 10.1 Å². The summed E-state index contributed by atoms with van der Waals surface area (Å²) in [6.07, 6.45) is 3.00. The van der Waals surface area contributed by atoms with Crippen molar-refractivity contribution in [1.29, 1.82) is 0 Å². The topological polar surface area (TPSA) is 37.4 Å². The van der Waals surface area contributed by atoms with Gasteiger partial charge in [0.2, 0.25) is 0 Å². The highest BCUT2D eigenvalue weighted by atomic mass is 16.5. The summed E-state index contributed by atoms with van der Waals surface area (Å²) in [4.78, 5) is 6.68. The molecular weight excluding hydrogens is 226 g/mol. The predicted octanol–water partition coefficient (Wildman–Crippen LogP) is 2.37. The van der Waals surface area contributed by atoms with Gasteiger partial charge in [0.25, 0.3) is 0 Å². The van der Waals surface area contributed by atoms with Crippen molar-refractivity contribution in [1.82, 2.24) is 9.88 Å². The number of nitrogens with one attached hydrogen (secondary N) is 1. The molecular formula is C14H25N3O. The minimum atomic E-state index is 0.561. The molecule has 1 heterocycles. The number of nitrogens with zero attached hydrogens (tertiary/aromatic N) is 2. The number of rotatable bonds is 8. The molecule has 0 spiro atoms. The first-order chi connectivity index (χ1) is 8.71. The lowest BCUT2D eigenvalue weighted by molar-refractivity contribution is 0.118. The van der Waals surface area contributed by atoms with E-state index in [2.05, 4.69) is 41.2 Å². The van der Waals surface area contributed by atoms with E-state index in [4.69, 9.17) is 4.74 Å². The molecule has 1 aromatic rings. The van der Waals surface area contributed by atoms with Crippen LogP contribution in [-0.2, 0) is 11.3 Å². The summed E-state index contributed by atoms with van der Waals surface area (Å²) in [6.45, 7) is 7.15. The summed E-state index contributed by atoms with van der Waals surface area (Å²) in [6, 6.07) is 4.73. The van der Waals surface area contributed by atoms with E-state index >= 15 is 0 Å². The first-order valence-electron chi connectivity index (χ1n) is 6.57. The van der Waals surface area contributed by atoms with Crippen molar-refractivity contribution in [3.8, 4) is 0 Å². The third-order valence-corrected chi connectivity index (χ3v) is 3.26. The molecule has 1 N–H and O–H groups in total. The highest BCUT2D eigenvalue weighted by molar-refractivity contribution is 5.36. The van der Waals surface area contributed by atoms with Crippen LogP contribution in [0.4, 0.5) is 5.82 Å². The standard InChI is InChI=1S/C14H25N3O/c1-5-12(2)17(8-9-18-4)11-13-6-7-16-14(10-13)15-3/h6-7,10,12H,5,8-9,11H2,1-4H3,(H,15,16). The lowest BCUT2D eigenvalue weighted by Crippen LogP contribution is -2.34. The maximum atomic E-state index is 5.18. The normalized spacial score (nSPS) is 12.7. The highest BCUT2D eigenvalue weighted by Gasteiger charge is 2.12. The van der Waals surface area contributed by atoms with Crippen LogP contribution in [0.3, 0.4) is 0 Å². The number of anilines is 1. The molecule has 4 nitrogen and oxygen atoms in total. The van der Waals surface area contributed by atoms with Gasteiger partial charge in [-0.1, -0.05) is 6.92 Å². The van der Waals surface area contributed by atoms with E-state index in [1.807, 2.05) is 13.2 Å². The van der Waals surface area contributed by atoms with E-state index in [-0.39, 0.29) is 0 Å². The van der Waals surface area contributed by atoms with Crippen LogP contribution in [0, 0.1) is 0 Å². The Morgan fingerprint density at radius 3 is 2.89 bits per heavy atom. The second-order valence-electron chi connectivity index (χ2n) is 4.52. The van der Waals surface area contributed by atoms with Crippen molar-refractivity contribution in [2.75, 3.05) is 32.6 Å². The lowest BCUT2D eigenvalue weighted by atomic mass is 10.1. The van der Waals surface area contributed by atoms with E-state index in [1.54, 1.807) is 7.11 Å². The summed E-state index contributed by atoms with van der Waals surface area (Å²) in [5.41, 5.74) is 1.28. The van der Waals surface area contributed by atoms with Crippen LogP contribution in [0.2, 0.25) is 0 Å². The average molecular weight is 251 g/mol. The van der Waals surface area contributed by atoms with E-state index < -0.39 is 0 Å². The Balaban J connectivity index is 2.68. The predicted molar refractivity (Wildman–Crippen MR) is 75.8 cm³/mol. The quantitative estimate of drug-likeness (QED) is 0.769. The Kier molecular flexibility index (Phi) is 6.68. The Morgan fingerprint density at radius 1 is 1.50 bits per heavy atom. The van der Waals surface area contributed by atoms with Gasteiger partial charge in [-0.15, -0.1) is 0 Å². The Morgan fingerprint density at radius 2 is 2.28 bits per heavy atom. The molecule has 0 aliphatic rings. The smallest absolute Gasteiger partial charge is 0.125 e. The highest BCUT2D eigenvalue weighted by Crippen LogP contribution is 2.12. The van der Waals surface area contributed by atoms with E-state index in [9.17, 15) is 0 Å². The van der Waals surface area contributed by atoms with Crippen LogP contribution in [0.15, 0.2) is 18.3 Å². The molecule has 0 bridgehead atoms. The zero-order chi connectivity index (χ0) is 13.4. The van der Waals surface area contributed by atoms with Crippen molar-refractivity contribution in [3.63, 3.8) is 0 Å². The minimum absolute atomic E-state index is 0.561. The molecule has 0 radical (unpaired) electrons. The van der Waals surface area contributed by atoms with E-state index in [0.717, 1.165) is 31.9 Å². The largest absolute Gasteiger partial charge is 0.383 e. The number of methoxy groups -OCH3 is 1. The second-order valence-corrected chi connectivity index (χ2v) is 4.52.